The summed E-state index contributed by atoms with van der Waals surface area (Å²) in [5.41, 5.74) is 4.54. The van der Waals surface area contributed by atoms with Gasteiger partial charge in [-0.1, -0.05) is 30.3 Å². The fourth-order valence-corrected chi connectivity index (χ4v) is 4.94. The van der Waals surface area contributed by atoms with E-state index in [-0.39, 0.29) is 24.0 Å². The van der Waals surface area contributed by atoms with Crippen molar-refractivity contribution in [1.82, 2.24) is 15.1 Å². The number of aldehydes is 1. The van der Waals surface area contributed by atoms with Gasteiger partial charge in [0.05, 0.1) is 12.5 Å². The number of para-hydroxylation sites is 1. The van der Waals surface area contributed by atoms with Crippen LogP contribution >= 0.6 is 0 Å². The third-order valence-corrected chi connectivity index (χ3v) is 6.78. The second-order valence-corrected chi connectivity index (χ2v) is 9.05. The van der Waals surface area contributed by atoms with Crippen LogP contribution < -0.4 is 16.0 Å². The topological polar surface area (TPSA) is 111 Å². The zero-order valence-corrected chi connectivity index (χ0v) is 18.8. The number of fused-ring (bicyclic) bond motifs is 2. The van der Waals surface area contributed by atoms with Crippen LogP contribution in [0.5, 0.6) is 0 Å². The van der Waals surface area contributed by atoms with Gasteiger partial charge in [-0.15, -0.1) is 0 Å². The van der Waals surface area contributed by atoms with Crippen molar-refractivity contribution in [3.05, 3.63) is 59.2 Å². The minimum atomic E-state index is -0.655. The standard InChI is InChI=1S/C25H27N5O4/c31-15-19(12-16-5-6-22-18(11-16)13-23(32)27-22)26-24(33)29-9-7-20(8-10-29)30-14-17-3-1-2-4-21(17)28-25(30)34/h1-6,11,15,19-20H,7-10,12-14H2,(H,26,33)(H,27,32)(H,28,34). The molecule has 1 unspecified atom stereocenters. The minimum Gasteiger partial charge on any atom is -0.328 e. The van der Waals surface area contributed by atoms with Gasteiger partial charge in [0.25, 0.3) is 0 Å². The molecule has 3 aliphatic heterocycles. The first-order chi connectivity index (χ1) is 16.5. The Hall–Kier alpha value is -3.88. The fourth-order valence-electron chi connectivity index (χ4n) is 4.94. The number of carbonyl (C=O) groups is 4. The number of amides is 5. The van der Waals surface area contributed by atoms with E-state index < -0.39 is 6.04 Å². The summed E-state index contributed by atoms with van der Waals surface area (Å²) in [6.45, 7) is 1.59. The molecule has 1 saturated heterocycles. The summed E-state index contributed by atoms with van der Waals surface area (Å²) in [4.78, 5) is 52.1. The van der Waals surface area contributed by atoms with E-state index in [4.69, 9.17) is 0 Å². The number of rotatable bonds is 5. The van der Waals surface area contributed by atoms with Crippen molar-refractivity contribution in [3.63, 3.8) is 0 Å². The summed E-state index contributed by atoms with van der Waals surface area (Å²) in [6.07, 6.45) is 2.80. The van der Waals surface area contributed by atoms with Crippen molar-refractivity contribution in [2.45, 2.75) is 44.3 Å². The maximum absolute atomic E-state index is 12.8. The van der Waals surface area contributed by atoms with Crippen molar-refractivity contribution >= 4 is 35.6 Å². The average Bonchev–Trinajstić information content (AvgIpc) is 3.22. The SMILES string of the molecule is O=CC(Cc1ccc2c(c1)CC(=O)N2)NC(=O)N1CCC(N2Cc3ccccc3NC2=O)CC1. The van der Waals surface area contributed by atoms with E-state index in [0.717, 1.165) is 34.4 Å². The first-order valence-electron chi connectivity index (χ1n) is 11.6. The van der Waals surface area contributed by atoms with Crippen LogP contribution in [0.2, 0.25) is 0 Å². The van der Waals surface area contributed by atoms with Gasteiger partial charge in [-0.25, -0.2) is 9.59 Å². The molecule has 0 aliphatic carbocycles. The molecule has 0 radical (unpaired) electrons. The highest BCUT2D eigenvalue weighted by molar-refractivity contribution is 5.99. The summed E-state index contributed by atoms with van der Waals surface area (Å²) in [5, 5.41) is 8.56. The zero-order chi connectivity index (χ0) is 23.7. The van der Waals surface area contributed by atoms with Gasteiger partial charge in [-0.2, -0.15) is 0 Å². The summed E-state index contributed by atoms with van der Waals surface area (Å²) in [7, 11) is 0. The molecule has 9 heteroatoms. The molecule has 0 spiro atoms. The molecule has 9 nitrogen and oxygen atoms in total. The molecular formula is C25H27N5O4. The van der Waals surface area contributed by atoms with Crippen LogP contribution in [-0.4, -0.2) is 59.2 Å². The van der Waals surface area contributed by atoms with Crippen LogP contribution in [0, 0.1) is 0 Å². The number of urea groups is 2. The molecule has 176 valence electrons. The van der Waals surface area contributed by atoms with E-state index in [0.29, 0.717) is 45.3 Å². The quantitative estimate of drug-likeness (QED) is 0.594. The lowest BCUT2D eigenvalue weighted by Crippen LogP contribution is -2.54. The van der Waals surface area contributed by atoms with Crippen LogP contribution in [0.15, 0.2) is 42.5 Å². The Kier molecular flexibility index (Phi) is 5.91. The second-order valence-electron chi connectivity index (χ2n) is 9.05. The number of hydrogen-bond donors (Lipinski definition) is 3. The van der Waals surface area contributed by atoms with Gasteiger partial charge in [0, 0.05) is 37.1 Å². The number of nitrogens with one attached hydrogen (secondary N) is 3. The van der Waals surface area contributed by atoms with Gasteiger partial charge in [-0.05, 0) is 48.1 Å². The molecular weight excluding hydrogens is 434 g/mol. The predicted octanol–water partition coefficient (Wildman–Crippen LogP) is 2.51. The second kappa shape index (κ2) is 9.17. The highest BCUT2D eigenvalue weighted by atomic mass is 16.2. The van der Waals surface area contributed by atoms with Crippen LogP contribution in [0.4, 0.5) is 21.0 Å². The summed E-state index contributed by atoms with van der Waals surface area (Å²) < 4.78 is 0. The lowest BCUT2D eigenvalue weighted by Gasteiger charge is -2.40. The number of likely N-dealkylation sites (tertiary alicyclic amines) is 1. The van der Waals surface area contributed by atoms with Crippen LogP contribution in [0.1, 0.15) is 29.5 Å². The van der Waals surface area contributed by atoms with Gasteiger partial charge in [0.1, 0.15) is 6.29 Å². The van der Waals surface area contributed by atoms with Crippen molar-refractivity contribution < 1.29 is 19.2 Å². The Morgan fingerprint density at radius 2 is 1.82 bits per heavy atom. The van der Waals surface area contributed by atoms with E-state index in [1.165, 1.54) is 0 Å². The number of hydrogen-bond acceptors (Lipinski definition) is 4. The normalized spacial score (nSPS) is 18.5. The Balaban J connectivity index is 1.14. The monoisotopic (exact) mass is 461 g/mol. The molecule has 3 N–H and O–H groups in total. The van der Waals surface area contributed by atoms with Gasteiger partial charge in [0.2, 0.25) is 5.91 Å². The van der Waals surface area contributed by atoms with Crippen molar-refractivity contribution in [1.29, 1.82) is 0 Å². The van der Waals surface area contributed by atoms with Crippen LogP contribution in [0.25, 0.3) is 0 Å². The molecule has 3 heterocycles. The molecule has 0 saturated carbocycles. The Labute approximate surface area is 197 Å². The number of benzene rings is 2. The van der Waals surface area contributed by atoms with E-state index in [1.54, 1.807) is 4.90 Å². The molecule has 0 aromatic heterocycles. The summed E-state index contributed by atoms with van der Waals surface area (Å²) in [6, 6.07) is 12.4. The summed E-state index contributed by atoms with van der Waals surface area (Å²) >= 11 is 0. The lowest BCUT2D eigenvalue weighted by atomic mass is 10.0. The highest BCUT2D eigenvalue weighted by Gasteiger charge is 2.33. The fraction of sp³-hybridized carbons (Fsp3) is 0.360. The predicted molar refractivity (Wildman–Crippen MR) is 126 cm³/mol. The van der Waals surface area contributed by atoms with Crippen molar-refractivity contribution in [3.8, 4) is 0 Å². The molecule has 1 atom stereocenters. The number of piperidine rings is 1. The molecule has 3 aliphatic rings. The lowest BCUT2D eigenvalue weighted by molar-refractivity contribution is -0.115. The summed E-state index contributed by atoms with van der Waals surface area (Å²) in [5.74, 6) is -0.0398. The third kappa shape index (κ3) is 4.46. The molecule has 5 amide bonds. The van der Waals surface area contributed by atoms with Gasteiger partial charge in [0.15, 0.2) is 0 Å². The van der Waals surface area contributed by atoms with Crippen LogP contribution in [0.3, 0.4) is 0 Å². The number of nitrogens with zero attached hydrogens (tertiary/aromatic N) is 2. The smallest absolute Gasteiger partial charge is 0.322 e. The van der Waals surface area contributed by atoms with E-state index in [2.05, 4.69) is 16.0 Å². The maximum atomic E-state index is 12.8. The van der Waals surface area contributed by atoms with E-state index >= 15 is 0 Å². The molecule has 5 rings (SSSR count). The van der Waals surface area contributed by atoms with Crippen molar-refractivity contribution in [2.75, 3.05) is 23.7 Å². The molecule has 2 aromatic carbocycles. The van der Waals surface area contributed by atoms with Crippen LogP contribution in [-0.2, 0) is 29.0 Å². The third-order valence-electron chi connectivity index (χ3n) is 6.78. The average molecular weight is 462 g/mol. The van der Waals surface area contributed by atoms with E-state index in [1.807, 2.05) is 47.4 Å². The zero-order valence-electron chi connectivity index (χ0n) is 18.8. The Morgan fingerprint density at radius 3 is 2.62 bits per heavy atom. The van der Waals surface area contributed by atoms with Gasteiger partial charge < -0.3 is 30.5 Å². The largest absolute Gasteiger partial charge is 0.328 e. The number of carbonyl (C=O) groups excluding carboxylic acids is 4. The Morgan fingerprint density at radius 1 is 1.06 bits per heavy atom. The van der Waals surface area contributed by atoms with Gasteiger partial charge in [-0.3, -0.25) is 4.79 Å². The molecule has 34 heavy (non-hydrogen) atoms. The first-order valence-corrected chi connectivity index (χ1v) is 11.6. The van der Waals surface area contributed by atoms with E-state index in [9.17, 15) is 19.2 Å². The molecule has 1 fully saturated rings. The molecule has 0 bridgehead atoms. The first kappa shape index (κ1) is 21.9. The molecule has 2 aromatic rings. The number of anilines is 2. The maximum Gasteiger partial charge on any atom is 0.322 e. The highest BCUT2D eigenvalue weighted by Crippen LogP contribution is 2.28. The minimum absolute atomic E-state index is 0.0398. The van der Waals surface area contributed by atoms with Gasteiger partial charge >= 0.3 is 12.1 Å². The van der Waals surface area contributed by atoms with Crippen molar-refractivity contribution in [2.24, 2.45) is 0 Å². The Bertz CT molecular complexity index is 1140.